The average Bonchev–Trinajstić information content (AvgIpc) is 2.84. The number of hydrogen-bond donors (Lipinski definition) is 0. The van der Waals surface area contributed by atoms with Gasteiger partial charge in [0.25, 0.3) is 0 Å². The van der Waals surface area contributed by atoms with E-state index in [0.29, 0.717) is 12.2 Å². The first kappa shape index (κ1) is 19.4. The monoisotopic (exact) mass is 345 g/mol. The van der Waals surface area contributed by atoms with Crippen molar-refractivity contribution in [3.05, 3.63) is 29.5 Å². The quantitative estimate of drug-likeness (QED) is 0.564. The molecule has 1 heterocycles. The van der Waals surface area contributed by atoms with Crippen LogP contribution in [0.15, 0.2) is 18.2 Å². The zero-order valence-corrected chi connectivity index (χ0v) is 16.2. The molecular weight excluding hydrogens is 314 g/mol. The SMILES string of the molecule is CCCCn1c(C)c(C(=O)OCC)c2cc(OC(C)CCC)ccc21. The first-order valence-electron chi connectivity index (χ1n) is 9.50. The van der Waals surface area contributed by atoms with Crippen molar-refractivity contribution < 1.29 is 14.3 Å². The maximum absolute atomic E-state index is 12.5. The number of unbranched alkanes of at least 4 members (excludes halogenated alkanes) is 1. The minimum atomic E-state index is -0.251. The summed E-state index contributed by atoms with van der Waals surface area (Å²) in [5.41, 5.74) is 2.71. The molecule has 25 heavy (non-hydrogen) atoms. The third-order valence-electron chi connectivity index (χ3n) is 4.54. The number of aromatic nitrogens is 1. The van der Waals surface area contributed by atoms with Gasteiger partial charge in [-0.15, -0.1) is 0 Å². The molecule has 2 rings (SSSR count). The average molecular weight is 345 g/mol. The highest BCUT2D eigenvalue weighted by Gasteiger charge is 2.21. The van der Waals surface area contributed by atoms with Crippen molar-refractivity contribution in [1.82, 2.24) is 4.57 Å². The molecule has 0 aliphatic carbocycles. The van der Waals surface area contributed by atoms with Gasteiger partial charge in [0.1, 0.15) is 5.75 Å². The molecule has 0 aliphatic heterocycles. The van der Waals surface area contributed by atoms with Gasteiger partial charge in [-0.1, -0.05) is 26.7 Å². The molecule has 4 heteroatoms. The molecule has 0 saturated carbocycles. The number of nitrogens with zero attached hydrogens (tertiary/aromatic N) is 1. The Morgan fingerprint density at radius 1 is 1.20 bits per heavy atom. The van der Waals surface area contributed by atoms with Crippen LogP contribution in [0.5, 0.6) is 5.75 Å². The Labute approximate surface area is 151 Å². The molecule has 0 aliphatic rings. The topological polar surface area (TPSA) is 40.5 Å². The third kappa shape index (κ3) is 4.36. The highest BCUT2D eigenvalue weighted by molar-refractivity contribution is 6.06. The fraction of sp³-hybridized carbons (Fsp3) is 0.571. The van der Waals surface area contributed by atoms with Gasteiger partial charge in [-0.05, 0) is 51.8 Å². The van der Waals surface area contributed by atoms with E-state index in [0.717, 1.165) is 54.6 Å². The van der Waals surface area contributed by atoms with E-state index in [1.165, 1.54) is 0 Å². The van der Waals surface area contributed by atoms with Gasteiger partial charge in [0.05, 0.1) is 18.3 Å². The zero-order valence-electron chi connectivity index (χ0n) is 16.2. The number of fused-ring (bicyclic) bond motifs is 1. The van der Waals surface area contributed by atoms with Gasteiger partial charge in [-0.2, -0.15) is 0 Å². The van der Waals surface area contributed by atoms with E-state index in [1.807, 2.05) is 26.0 Å². The van der Waals surface area contributed by atoms with Gasteiger partial charge >= 0.3 is 5.97 Å². The third-order valence-corrected chi connectivity index (χ3v) is 4.54. The number of rotatable bonds is 9. The van der Waals surface area contributed by atoms with Gasteiger partial charge in [-0.25, -0.2) is 4.79 Å². The summed E-state index contributed by atoms with van der Waals surface area (Å²) in [4.78, 5) is 12.5. The predicted molar refractivity (Wildman–Crippen MR) is 103 cm³/mol. The highest BCUT2D eigenvalue weighted by atomic mass is 16.5. The summed E-state index contributed by atoms with van der Waals surface area (Å²) in [5.74, 6) is 0.561. The number of benzene rings is 1. The molecule has 1 aromatic carbocycles. The first-order valence-corrected chi connectivity index (χ1v) is 9.50. The van der Waals surface area contributed by atoms with Crippen LogP contribution < -0.4 is 4.74 Å². The lowest BCUT2D eigenvalue weighted by Gasteiger charge is -2.14. The maximum atomic E-state index is 12.5. The van der Waals surface area contributed by atoms with Gasteiger partial charge in [0.15, 0.2) is 0 Å². The van der Waals surface area contributed by atoms with E-state index in [1.54, 1.807) is 0 Å². The lowest BCUT2D eigenvalue weighted by Crippen LogP contribution is -2.11. The molecule has 0 fully saturated rings. The maximum Gasteiger partial charge on any atom is 0.340 e. The summed E-state index contributed by atoms with van der Waals surface area (Å²) in [6.45, 7) is 11.5. The molecular formula is C21H31NO3. The summed E-state index contributed by atoms with van der Waals surface area (Å²) in [5, 5.41) is 0.924. The molecule has 0 bridgehead atoms. The van der Waals surface area contributed by atoms with E-state index >= 15 is 0 Å². The van der Waals surface area contributed by atoms with Crippen molar-refractivity contribution >= 4 is 16.9 Å². The Kier molecular flexibility index (Phi) is 6.91. The molecule has 2 aromatic rings. The molecule has 138 valence electrons. The van der Waals surface area contributed by atoms with Crippen LogP contribution in [0.3, 0.4) is 0 Å². The van der Waals surface area contributed by atoms with Crippen molar-refractivity contribution in [3.8, 4) is 5.75 Å². The van der Waals surface area contributed by atoms with E-state index in [2.05, 4.69) is 31.4 Å². The number of esters is 1. The largest absolute Gasteiger partial charge is 0.491 e. The van der Waals surface area contributed by atoms with Crippen LogP contribution in [0, 0.1) is 6.92 Å². The molecule has 4 nitrogen and oxygen atoms in total. The summed E-state index contributed by atoms with van der Waals surface area (Å²) in [6, 6.07) is 6.06. The van der Waals surface area contributed by atoms with Crippen molar-refractivity contribution in [2.75, 3.05) is 6.61 Å². The van der Waals surface area contributed by atoms with Crippen LogP contribution in [0.1, 0.15) is 69.4 Å². The van der Waals surface area contributed by atoms with E-state index in [4.69, 9.17) is 9.47 Å². The Morgan fingerprint density at radius 3 is 2.60 bits per heavy atom. The number of carbonyl (C=O) groups excluding carboxylic acids is 1. The van der Waals surface area contributed by atoms with Crippen molar-refractivity contribution in [1.29, 1.82) is 0 Å². The zero-order chi connectivity index (χ0) is 18.4. The van der Waals surface area contributed by atoms with Crippen LogP contribution in [-0.4, -0.2) is 23.2 Å². The van der Waals surface area contributed by atoms with Crippen molar-refractivity contribution in [2.24, 2.45) is 0 Å². The van der Waals surface area contributed by atoms with Crippen LogP contribution in [0.2, 0.25) is 0 Å². The lowest BCUT2D eigenvalue weighted by atomic mass is 10.1. The summed E-state index contributed by atoms with van der Waals surface area (Å²) < 4.78 is 13.6. The Hall–Kier alpha value is -1.97. The summed E-state index contributed by atoms with van der Waals surface area (Å²) in [6.07, 6.45) is 4.46. The highest BCUT2D eigenvalue weighted by Crippen LogP contribution is 2.31. The minimum Gasteiger partial charge on any atom is -0.491 e. The number of hydrogen-bond acceptors (Lipinski definition) is 3. The molecule has 0 N–H and O–H groups in total. The van der Waals surface area contributed by atoms with E-state index in [9.17, 15) is 4.79 Å². The van der Waals surface area contributed by atoms with E-state index < -0.39 is 0 Å². The second-order valence-electron chi connectivity index (χ2n) is 6.58. The van der Waals surface area contributed by atoms with Gasteiger partial charge in [-0.3, -0.25) is 0 Å². The summed E-state index contributed by atoms with van der Waals surface area (Å²) >= 11 is 0. The molecule has 1 aromatic heterocycles. The fourth-order valence-corrected chi connectivity index (χ4v) is 3.30. The van der Waals surface area contributed by atoms with Gasteiger partial charge in [0, 0.05) is 23.1 Å². The smallest absolute Gasteiger partial charge is 0.340 e. The molecule has 0 saturated heterocycles. The Morgan fingerprint density at radius 2 is 1.96 bits per heavy atom. The van der Waals surface area contributed by atoms with Crippen molar-refractivity contribution in [2.45, 2.75) is 73.0 Å². The Bertz CT molecular complexity index is 717. The predicted octanol–water partition coefficient (Wildman–Crippen LogP) is 5.49. The van der Waals surface area contributed by atoms with Crippen LogP contribution in [0.4, 0.5) is 0 Å². The molecule has 0 amide bonds. The number of carbonyl (C=O) groups is 1. The molecule has 0 radical (unpaired) electrons. The van der Waals surface area contributed by atoms with Crippen LogP contribution in [-0.2, 0) is 11.3 Å². The summed E-state index contributed by atoms with van der Waals surface area (Å²) in [7, 11) is 0. The molecule has 1 unspecified atom stereocenters. The van der Waals surface area contributed by atoms with Crippen LogP contribution >= 0.6 is 0 Å². The Balaban J connectivity index is 2.49. The van der Waals surface area contributed by atoms with E-state index in [-0.39, 0.29) is 12.1 Å². The molecule has 1 atom stereocenters. The van der Waals surface area contributed by atoms with Gasteiger partial charge < -0.3 is 14.0 Å². The first-order chi connectivity index (χ1) is 12.0. The molecule has 0 spiro atoms. The standard InChI is InChI=1S/C21H31NO3/c1-6-9-13-22-16(5)20(21(23)24-8-3)18-14-17(11-12-19(18)22)25-15(4)10-7-2/h11-12,14-15H,6-10,13H2,1-5H3. The second kappa shape index (κ2) is 8.93. The van der Waals surface area contributed by atoms with Crippen LogP contribution in [0.25, 0.3) is 10.9 Å². The lowest BCUT2D eigenvalue weighted by molar-refractivity contribution is 0.0527. The number of aryl methyl sites for hydroxylation is 1. The minimum absolute atomic E-state index is 0.164. The normalized spacial score (nSPS) is 12.4. The number of ether oxygens (including phenoxy) is 2. The fourth-order valence-electron chi connectivity index (χ4n) is 3.30. The second-order valence-corrected chi connectivity index (χ2v) is 6.58. The van der Waals surface area contributed by atoms with Gasteiger partial charge in [0.2, 0.25) is 0 Å². The van der Waals surface area contributed by atoms with Crippen molar-refractivity contribution in [3.63, 3.8) is 0 Å².